The Kier molecular flexibility index (Phi) is 4.69. The van der Waals surface area contributed by atoms with Crippen molar-refractivity contribution in [2.45, 2.75) is 19.3 Å². The highest BCUT2D eigenvalue weighted by molar-refractivity contribution is 5.49. The van der Waals surface area contributed by atoms with Crippen molar-refractivity contribution in [1.29, 1.82) is 0 Å². The standard InChI is InChI=1S/C11H15NO/c13-10-6-2-5-9-12-11-7-3-1-4-8-11/h1,3-4,7-8,10,12H,2,5-6,9H2. The van der Waals surface area contributed by atoms with Crippen molar-refractivity contribution in [2.24, 2.45) is 0 Å². The minimum Gasteiger partial charge on any atom is -0.385 e. The normalized spacial score (nSPS) is 9.54. The summed E-state index contributed by atoms with van der Waals surface area (Å²) in [5.41, 5.74) is 1.15. The third-order valence-electron chi connectivity index (χ3n) is 1.85. The molecule has 0 aliphatic rings. The second-order valence-electron chi connectivity index (χ2n) is 2.96. The zero-order valence-corrected chi connectivity index (χ0v) is 7.70. The van der Waals surface area contributed by atoms with Crippen LogP contribution < -0.4 is 5.32 Å². The molecule has 1 N–H and O–H groups in total. The highest BCUT2D eigenvalue weighted by Gasteiger charge is 1.89. The molecule has 0 aliphatic carbocycles. The van der Waals surface area contributed by atoms with Crippen molar-refractivity contribution >= 4 is 12.0 Å². The number of carbonyl (C=O) groups is 1. The fourth-order valence-electron chi connectivity index (χ4n) is 1.14. The van der Waals surface area contributed by atoms with Gasteiger partial charge >= 0.3 is 0 Å². The topological polar surface area (TPSA) is 29.1 Å². The SMILES string of the molecule is O=CCCCCNc1ccccc1. The number of carbonyl (C=O) groups excluding carboxylic acids is 1. The summed E-state index contributed by atoms with van der Waals surface area (Å²) in [7, 11) is 0. The first-order valence-electron chi connectivity index (χ1n) is 4.66. The van der Waals surface area contributed by atoms with E-state index >= 15 is 0 Å². The van der Waals surface area contributed by atoms with E-state index in [9.17, 15) is 4.79 Å². The molecule has 0 amide bonds. The number of para-hydroxylation sites is 1. The molecule has 0 saturated carbocycles. The van der Waals surface area contributed by atoms with Crippen LogP contribution in [0.4, 0.5) is 5.69 Å². The van der Waals surface area contributed by atoms with E-state index in [1.807, 2.05) is 30.3 Å². The summed E-state index contributed by atoms with van der Waals surface area (Å²) in [5.74, 6) is 0. The van der Waals surface area contributed by atoms with Gasteiger partial charge in [-0.1, -0.05) is 18.2 Å². The molecule has 0 bridgehead atoms. The Labute approximate surface area is 79.0 Å². The van der Waals surface area contributed by atoms with Crippen LogP contribution in [0.25, 0.3) is 0 Å². The molecule has 0 radical (unpaired) electrons. The monoisotopic (exact) mass is 177 g/mol. The lowest BCUT2D eigenvalue weighted by Gasteiger charge is -2.04. The van der Waals surface area contributed by atoms with Crippen molar-refractivity contribution in [2.75, 3.05) is 11.9 Å². The number of hydrogen-bond acceptors (Lipinski definition) is 2. The molecule has 0 aliphatic heterocycles. The number of anilines is 1. The average Bonchev–Trinajstić information content (AvgIpc) is 2.19. The summed E-state index contributed by atoms with van der Waals surface area (Å²) in [6, 6.07) is 10.1. The zero-order chi connectivity index (χ0) is 9.36. The number of nitrogens with one attached hydrogen (secondary N) is 1. The summed E-state index contributed by atoms with van der Waals surface area (Å²) < 4.78 is 0. The molecule has 2 heteroatoms. The average molecular weight is 177 g/mol. The zero-order valence-electron chi connectivity index (χ0n) is 7.70. The van der Waals surface area contributed by atoms with Crippen LogP contribution in [0.1, 0.15) is 19.3 Å². The van der Waals surface area contributed by atoms with Gasteiger partial charge in [-0.25, -0.2) is 0 Å². The predicted molar refractivity (Wildman–Crippen MR) is 54.8 cm³/mol. The Morgan fingerprint density at radius 1 is 1.15 bits per heavy atom. The molecule has 2 nitrogen and oxygen atoms in total. The Morgan fingerprint density at radius 3 is 2.62 bits per heavy atom. The van der Waals surface area contributed by atoms with Gasteiger partial charge in [0, 0.05) is 18.7 Å². The lowest BCUT2D eigenvalue weighted by molar-refractivity contribution is -0.107. The van der Waals surface area contributed by atoms with E-state index in [1.54, 1.807) is 0 Å². The molecule has 0 fully saturated rings. The molecular weight excluding hydrogens is 162 g/mol. The Balaban J connectivity index is 2.10. The second kappa shape index (κ2) is 6.23. The maximum absolute atomic E-state index is 10.0. The van der Waals surface area contributed by atoms with Gasteiger partial charge in [-0.3, -0.25) is 0 Å². The smallest absolute Gasteiger partial charge is 0.119 e. The van der Waals surface area contributed by atoms with Crippen molar-refractivity contribution in [3.63, 3.8) is 0 Å². The molecule has 0 heterocycles. The van der Waals surface area contributed by atoms with Gasteiger partial charge in [-0.2, -0.15) is 0 Å². The van der Waals surface area contributed by atoms with E-state index in [0.717, 1.165) is 31.4 Å². The highest BCUT2D eigenvalue weighted by Crippen LogP contribution is 2.05. The van der Waals surface area contributed by atoms with Gasteiger partial charge in [0.15, 0.2) is 0 Å². The van der Waals surface area contributed by atoms with Gasteiger partial charge < -0.3 is 10.1 Å². The second-order valence-corrected chi connectivity index (χ2v) is 2.96. The molecule has 1 rings (SSSR count). The van der Waals surface area contributed by atoms with Crippen LogP contribution in [0.5, 0.6) is 0 Å². The van der Waals surface area contributed by atoms with Crippen molar-refractivity contribution in [3.8, 4) is 0 Å². The number of rotatable bonds is 6. The van der Waals surface area contributed by atoms with Crippen LogP contribution in [-0.4, -0.2) is 12.8 Å². The van der Waals surface area contributed by atoms with E-state index in [-0.39, 0.29) is 0 Å². The van der Waals surface area contributed by atoms with Gasteiger partial charge in [-0.15, -0.1) is 0 Å². The van der Waals surface area contributed by atoms with Crippen LogP contribution in [0, 0.1) is 0 Å². The van der Waals surface area contributed by atoms with Crippen molar-refractivity contribution < 1.29 is 4.79 Å². The van der Waals surface area contributed by atoms with E-state index in [2.05, 4.69) is 5.32 Å². The maximum Gasteiger partial charge on any atom is 0.119 e. The molecule has 0 saturated heterocycles. The summed E-state index contributed by atoms with van der Waals surface area (Å²) in [4.78, 5) is 10.0. The van der Waals surface area contributed by atoms with Crippen LogP contribution in [-0.2, 0) is 4.79 Å². The molecular formula is C11H15NO. The van der Waals surface area contributed by atoms with Crippen LogP contribution in [0.15, 0.2) is 30.3 Å². The molecule has 13 heavy (non-hydrogen) atoms. The number of aldehydes is 1. The fourth-order valence-corrected chi connectivity index (χ4v) is 1.14. The lowest BCUT2D eigenvalue weighted by Crippen LogP contribution is -2.00. The molecule has 1 aromatic rings. The molecule has 70 valence electrons. The Morgan fingerprint density at radius 2 is 1.92 bits per heavy atom. The fraction of sp³-hybridized carbons (Fsp3) is 0.364. The number of hydrogen-bond donors (Lipinski definition) is 1. The molecule has 0 aromatic heterocycles. The van der Waals surface area contributed by atoms with E-state index in [1.165, 1.54) is 0 Å². The summed E-state index contributed by atoms with van der Waals surface area (Å²) in [5, 5.41) is 3.29. The first-order valence-corrected chi connectivity index (χ1v) is 4.66. The third kappa shape index (κ3) is 4.31. The highest BCUT2D eigenvalue weighted by atomic mass is 16.1. The molecule has 0 spiro atoms. The van der Waals surface area contributed by atoms with E-state index in [4.69, 9.17) is 0 Å². The van der Waals surface area contributed by atoms with Gasteiger partial charge in [0.1, 0.15) is 6.29 Å². The van der Waals surface area contributed by atoms with Gasteiger partial charge in [0.2, 0.25) is 0 Å². The van der Waals surface area contributed by atoms with Crippen LogP contribution in [0.3, 0.4) is 0 Å². The summed E-state index contributed by atoms with van der Waals surface area (Å²) in [6.07, 6.45) is 3.68. The maximum atomic E-state index is 10.0. The van der Waals surface area contributed by atoms with Crippen LogP contribution >= 0.6 is 0 Å². The summed E-state index contributed by atoms with van der Waals surface area (Å²) >= 11 is 0. The molecule has 0 unspecified atom stereocenters. The minimum absolute atomic E-state index is 0.677. The first kappa shape index (κ1) is 9.78. The largest absolute Gasteiger partial charge is 0.385 e. The predicted octanol–water partition coefficient (Wildman–Crippen LogP) is 2.47. The van der Waals surface area contributed by atoms with Gasteiger partial charge in [0.25, 0.3) is 0 Å². The summed E-state index contributed by atoms with van der Waals surface area (Å²) in [6.45, 7) is 0.942. The molecule has 0 atom stereocenters. The van der Waals surface area contributed by atoms with E-state index in [0.29, 0.717) is 6.42 Å². The molecule has 1 aromatic carbocycles. The van der Waals surface area contributed by atoms with Gasteiger partial charge in [0.05, 0.1) is 0 Å². The third-order valence-corrected chi connectivity index (χ3v) is 1.85. The first-order chi connectivity index (χ1) is 6.43. The van der Waals surface area contributed by atoms with E-state index < -0.39 is 0 Å². The number of benzene rings is 1. The van der Waals surface area contributed by atoms with Crippen molar-refractivity contribution in [3.05, 3.63) is 30.3 Å². The Hall–Kier alpha value is -1.31. The lowest BCUT2D eigenvalue weighted by atomic mass is 10.2. The number of unbranched alkanes of at least 4 members (excludes halogenated alkanes) is 2. The van der Waals surface area contributed by atoms with Crippen molar-refractivity contribution in [1.82, 2.24) is 0 Å². The Bertz CT molecular complexity index is 233. The minimum atomic E-state index is 0.677. The quantitative estimate of drug-likeness (QED) is 0.534. The van der Waals surface area contributed by atoms with Crippen LogP contribution in [0.2, 0.25) is 0 Å². The van der Waals surface area contributed by atoms with Gasteiger partial charge in [-0.05, 0) is 25.0 Å².